The third-order valence-electron chi connectivity index (χ3n) is 3.48. The molecule has 0 saturated heterocycles. The Kier molecular flexibility index (Phi) is 3.49. The van der Waals surface area contributed by atoms with Gasteiger partial charge in [-0.05, 0) is 30.2 Å². The van der Waals surface area contributed by atoms with E-state index in [1.165, 1.54) is 6.07 Å². The molecule has 2 aromatic carbocycles. The number of benzene rings is 2. The molecule has 0 amide bonds. The summed E-state index contributed by atoms with van der Waals surface area (Å²) in [4.78, 5) is 0. The van der Waals surface area contributed by atoms with Crippen LogP contribution in [0.25, 0.3) is 11.1 Å². The molecule has 0 radical (unpaired) electrons. The molecular formula is C16H13F3O2. The van der Waals surface area contributed by atoms with E-state index >= 15 is 0 Å². The molecule has 0 bridgehead atoms. The summed E-state index contributed by atoms with van der Waals surface area (Å²) in [6.07, 6.45) is 0. The topological polar surface area (TPSA) is 18.5 Å². The maximum Gasteiger partial charge on any atom is 0.172 e. The number of hydrogen-bond acceptors (Lipinski definition) is 2. The predicted molar refractivity (Wildman–Crippen MR) is 72.3 cm³/mol. The molecule has 110 valence electrons. The van der Waals surface area contributed by atoms with Crippen LogP contribution in [0.2, 0.25) is 0 Å². The van der Waals surface area contributed by atoms with Crippen molar-refractivity contribution >= 4 is 0 Å². The SMILES string of the molecule is Cc1ccc2c(c1F)OCc1c-2ccc(OCCF)c1F. The van der Waals surface area contributed by atoms with E-state index in [4.69, 9.17) is 9.47 Å². The van der Waals surface area contributed by atoms with E-state index in [1.54, 1.807) is 25.1 Å². The summed E-state index contributed by atoms with van der Waals surface area (Å²) in [6.45, 7) is 0.658. The Morgan fingerprint density at radius 3 is 2.62 bits per heavy atom. The van der Waals surface area contributed by atoms with Crippen LogP contribution in [-0.2, 0) is 6.61 Å². The standard InChI is InChI=1S/C16H13F3O2/c1-9-2-3-11-10-4-5-13(20-7-6-17)15(19)12(10)8-21-16(11)14(9)18/h2-5H,6-8H2,1H3. The fraction of sp³-hybridized carbons (Fsp3) is 0.250. The van der Waals surface area contributed by atoms with Gasteiger partial charge in [0.05, 0.1) is 0 Å². The molecule has 1 heterocycles. The van der Waals surface area contributed by atoms with Crippen LogP contribution in [0, 0.1) is 18.6 Å². The Bertz CT molecular complexity index is 698. The zero-order valence-electron chi connectivity index (χ0n) is 11.4. The summed E-state index contributed by atoms with van der Waals surface area (Å²) in [5.41, 5.74) is 1.85. The third kappa shape index (κ3) is 2.22. The van der Waals surface area contributed by atoms with Gasteiger partial charge < -0.3 is 9.47 Å². The lowest BCUT2D eigenvalue weighted by atomic mass is 9.95. The van der Waals surface area contributed by atoms with Crippen molar-refractivity contribution in [2.45, 2.75) is 13.5 Å². The monoisotopic (exact) mass is 294 g/mol. The highest BCUT2D eigenvalue weighted by Crippen LogP contribution is 2.42. The van der Waals surface area contributed by atoms with Crippen LogP contribution in [0.4, 0.5) is 13.2 Å². The second-order valence-corrected chi connectivity index (χ2v) is 4.80. The van der Waals surface area contributed by atoms with Crippen LogP contribution in [0.5, 0.6) is 11.5 Å². The normalized spacial score (nSPS) is 12.4. The van der Waals surface area contributed by atoms with Crippen LogP contribution in [-0.4, -0.2) is 13.3 Å². The molecule has 0 aliphatic carbocycles. The van der Waals surface area contributed by atoms with Crippen molar-refractivity contribution in [2.75, 3.05) is 13.3 Å². The second-order valence-electron chi connectivity index (χ2n) is 4.80. The number of halogens is 3. The summed E-state index contributed by atoms with van der Waals surface area (Å²) in [5.74, 6) is -0.908. The number of ether oxygens (including phenoxy) is 2. The van der Waals surface area contributed by atoms with Crippen LogP contribution in [0.1, 0.15) is 11.1 Å². The number of alkyl halides is 1. The van der Waals surface area contributed by atoms with E-state index in [2.05, 4.69) is 0 Å². The fourth-order valence-electron chi connectivity index (χ4n) is 2.41. The minimum atomic E-state index is -0.694. The molecule has 2 nitrogen and oxygen atoms in total. The van der Waals surface area contributed by atoms with E-state index in [-0.39, 0.29) is 24.7 Å². The molecule has 0 aromatic heterocycles. The molecule has 21 heavy (non-hydrogen) atoms. The molecule has 0 spiro atoms. The summed E-state index contributed by atoms with van der Waals surface area (Å²) in [7, 11) is 0. The molecule has 0 unspecified atom stereocenters. The van der Waals surface area contributed by atoms with Crippen molar-refractivity contribution in [3.63, 3.8) is 0 Å². The third-order valence-corrected chi connectivity index (χ3v) is 3.48. The van der Waals surface area contributed by atoms with Crippen LogP contribution < -0.4 is 9.47 Å². The zero-order valence-corrected chi connectivity index (χ0v) is 11.4. The first kappa shape index (κ1) is 13.8. The molecule has 0 N–H and O–H groups in total. The van der Waals surface area contributed by atoms with Gasteiger partial charge in [-0.3, -0.25) is 0 Å². The van der Waals surface area contributed by atoms with Crippen LogP contribution in [0.15, 0.2) is 24.3 Å². The first-order valence-corrected chi connectivity index (χ1v) is 6.56. The van der Waals surface area contributed by atoms with Gasteiger partial charge in [0.2, 0.25) is 0 Å². The molecule has 0 atom stereocenters. The first-order chi connectivity index (χ1) is 10.1. The Morgan fingerprint density at radius 1 is 1.10 bits per heavy atom. The summed E-state index contributed by atoms with van der Waals surface area (Å²) < 4.78 is 50.8. The van der Waals surface area contributed by atoms with E-state index in [0.29, 0.717) is 22.3 Å². The lowest BCUT2D eigenvalue weighted by molar-refractivity contribution is 0.253. The largest absolute Gasteiger partial charge is 0.488 e. The van der Waals surface area contributed by atoms with Gasteiger partial charge in [-0.25, -0.2) is 13.2 Å². The average Bonchev–Trinajstić information content (AvgIpc) is 2.50. The van der Waals surface area contributed by atoms with Gasteiger partial charge in [0, 0.05) is 11.1 Å². The Labute approximate surface area is 120 Å². The van der Waals surface area contributed by atoms with Gasteiger partial charge >= 0.3 is 0 Å². The summed E-state index contributed by atoms with van der Waals surface area (Å²) in [6, 6.07) is 6.39. The Hall–Kier alpha value is -2.17. The summed E-state index contributed by atoms with van der Waals surface area (Å²) >= 11 is 0. The van der Waals surface area contributed by atoms with E-state index in [9.17, 15) is 13.2 Å². The first-order valence-electron chi connectivity index (χ1n) is 6.56. The smallest absolute Gasteiger partial charge is 0.172 e. The van der Waals surface area contributed by atoms with E-state index in [0.717, 1.165) is 0 Å². The lowest BCUT2D eigenvalue weighted by Crippen LogP contribution is -2.11. The molecule has 0 saturated carbocycles. The van der Waals surface area contributed by atoms with E-state index in [1.807, 2.05) is 0 Å². The van der Waals surface area contributed by atoms with Gasteiger partial charge in [0.1, 0.15) is 19.9 Å². The van der Waals surface area contributed by atoms with Crippen molar-refractivity contribution in [1.29, 1.82) is 0 Å². The van der Waals surface area contributed by atoms with Gasteiger partial charge in [-0.1, -0.05) is 12.1 Å². The van der Waals surface area contributed by atoms with Crippen molar-refractivity contribution in [3.8, 4) is 22.6 Å². The number of hydrogen-bond donors (Lipinski definition) is 0. The van der Waals surface area contributed by atoms with Crippen molar-refractivity contribution < 1.29 is 22.6 Å². The highest BCUT2D eigenvalue weighted by atomic mass is 19.1. The highest BCUT2D eigenvalue weighted by molar-refractivity contribution is 5.76. The van der Waals surface area contributed by atoms with Gasteiger partial charge in [0.15, 0.2) is 23.1 Å². The van der Waals surface area contributed by atoms with E-state index < -0.39 is 18.3 Å². The van der Waals surface area contributed by atoms with Crippen molar-refractivity contribution in [1.82, 2.24) is 0 Å². The lowest BCUT2D eigenvalue weighted by Gasteiger charge is -2.23. The maximum atomic E-state index is 14.3. The van der Waals surface area contributed by atoms with Crippen molar-refractivity contribution in [3.05, 3.63) is 47.0 Å². The quantitative estimate of drug-likeness (QED) is 0.845. The number of aryl methyl sites for hydroxylation is 1. The molecule has 1 aliphatic rings. The average molecular weight is 294 g/mol. The summed E-state index contributed by atoms with van der Waals surface area (Å²) in [5, 5.41) is 0. The van der Waals surface area contributed by atoms with Gasteiger partial charge in [-0.15, -0.1) is 0 Å². The molecular weight excluding hydrogens is 281 g/mol. The Balaban J connectivity index is 2.10. The Morgan fingerprint density at radius 2 is 1.86 bits per heavy atom. The molecule has 5 heteroatoms. The fourth-order valence-corrected chi connectivity index (χ4v) is 2.41. The predicted octanol–water partition coefficient (Wildman–Crippen LogP) is 4.18. The van der Waals surface area contributed by atoms with Crippen LogP contribution in [0.3, 0.4) is 0 Å². The second kappa shape index (κ2) is 5.31. The molecule has 1 aliphatic heterocycles. The zero-order chi connectivity index (χ0) is 15.0. The highest BCUT2D eigenvalue weighted by Gasteiger charge is 2.25. The minimum absolute atomic E-state index is 0.0222. The molecule has 2 aromatic rings. The molecule has 3 rings (SSSR count). The van der Waals surface area contributed by atoms with Gasteiger partial charge in [-0.2, -0.15) is 0 Å². The molecule has 0 fully saturated rings. The minimum Gasteiger partial charge on any atom is -0.488 e. The number of fused-ring (bicyclic) bond motifs is 3. The van der Waals surface area contributed by atoms with Gasteiger partial charge in [0.25, 0.3) is 0 Å². The maximum absolute atomic E-state index is 14.3. The van der Waals surface area contributed by atoms with Crippen LogP contribution >= 0.6 is 0 Å². The number of rotatable bonds is 3. The van der Waals surface area contributed by atoms with Crippen molar-refractivity contribution in [2.24, 2.45) is 0 Å².